The highest BCUT2D eigenvalue weighted by Gasteiger charge is 1.99. The van der Waals surface area contributed by atoms with Gasteiger partial charge in [0.2, 0.25) is 11.8 Å². The summed E-state index contributed by atoms with van der Waals surface area (Å²) < 4.78 is 5.40. The van der Waals surface area contributed by atoms with Crippen LogP contribution >= 0.6 is 0 Å². The molecule has 0 radical (unpaired) electrons. The lowest BCUT2D eigenvalue weighted by Gasteiger charge is -2.16. The van der Waals surface area contributed by atoms with E-state index in [0.717, 1.165) is 32.5 Å². The highest BCUT2D eigenvalue weighted by molar-refractivity contribution is 5.72. The van der Waals surface area contributed by atoms with Crippen molar-refractivity contribution in [1.82, 2.24) is 15.5 Å². The molecule has 2 amide bonds. The van der Waals surface area contributed by atoms with Crippen LogP contribution in [-0.2, 0) is 14.3 Å². The van der Waals surface area contributed by atoms with Gasteiger partial charge < -0.3 is 20.3 Å². The zero-order chi connectivity index (χ0) is 14.5. The average Bonchev–Trinajstić information content (AvgIpc) is 2.32. The summed E-state index contributed by atoms with van der Waals surface area (Å²) >= 11 is 0. The number of amides is 2. The van der Waals surface area contributed by atoms with E-state index in [1.807, 2.05) is 0 Å². The highest BCUT2D eigenvalue weighted by atomic mass is 16.5. The minimum atomic E-state index is -0.0279. The number of carbonyl (C=O) groups is 2. The third-order valence-electron chi connectivity index (χ3n) is 2.58. The van der Waals surface area contributed by atoms with Crippen LogP contribution in [0.15, 0.2) is 0 Å². The van der Waals surface area contributed by atoms with E-state index >= 15 is 0 Å². The summed E-state index contributed by atoms with van der Waals surface area (Å²) in [5.74, 6) is 0.000753. The van der Waals surface area contributed by atoms with Gasteiger partial charge in [-0.1, -0.05) is 0 Å². The van der Waals surface area contributed by atoms with Gasteiger partial charge in [-0.15, -0.1) is 0 Å². The van der Waals surface area contributed by atoms with Crippen LogP contribution in [0.2, 0.25) is 0 Å². The SMILES string of the molecule is CC(=O)NCCCCN(C)CCOCCNC(C)=O. The van der Waals surface area contributed by atoms with Gasteiger partial charge in [-0.05, 0) is 26.4 Å². The van der Waals surface area contributed by atoms with E-state index in [1.54, 1.807) is 0 Å². The Morgan fingerprint density at radius 1 is 0.947 bits per heavy atom. The van der Waals surface area contributed by atoms with Crippen LogP contribution < -0.4 is 10.6 Å². The molecule has 0 aliphatic carbocycles. The first-order chi connectivity index (χ1) is 9.02. The molecule has 0 aliphatic rings. The second-order valence-electron chi connectivity index (χ2n) is 4.59. The Morgan fingerprint density at radius 2 is 1.58 bits per heavy atom. The standard InChI is InChI=1S/C13H27N3O3/c1-12(17)14-6-4-5-8-16(3)9-11-19-10-7-15-13(2)18/h4-11H2,1-3H3,(H,14,17)(H,15,18). The van der Waals surface area contributed by atoms with Gasteiger partial charge in [0.05, 0.1) is 13.2 Å². The molecular formula is C13H27N3O3. The summed E-state index contributed by atoms with van der Waals surface area (Å²) in [7, 11) is 2.05. The second kappa shape index (κ2) is 11.9. The molecule has 6 heteroatoms. The van der Waals surface area contributed by atoms with Crippen LogP contribution in [0.3, 0.4) is 0 Å². The molecule has 6 nitrogen and oxygen atoms in total. The fourth-order valence-electron chi connectivity index (χ4n) is 1.50. The summed E-state index contributed by atoms with van der Waals surface area (Å²) in [5.41, 5.74) is 0. The van der Waals surface area contributed by atoms with Crippen LogP contribution in [0, 0.1) is 0 Å². The Hall–Kier alpha value is -1.14. The van der Waals surface area contributed by atoms with Crippen molar-refractivity contribution in [1.29, 1.82) is 0 Å². The van der Waals surface area contributed by atoms with Crippen molar-refractivity contribution >= 4 is 11.8 Å². The quantitative estimate of drug-likeness (QED) is 0.519. The van der Waals surface area contributed by atoms with Gasteiger partial charge in [-0.3, -0.25) is 9.59 Å². The Morgan fingerprint density at radius 3 is 2.21 bits per heavy atom. The van der Waals surface area contributed by atoms with Crippen molar-refractivity contribution in [3.63, 3.8) is 0 Å². The number of nitrogens with zero attached hydrogens (tertiary/aromatic N) is 1. The second-order valence-corrected chi connectivity index (χ2v) is 4.59. The van der Waals surface area contributed by atoms with Crippen molar-refractivity contribution in [3.8, 4) is 0 Å². The molecule has 0 unspecified atom stereocenters. The molecular weight excluding hydrogens is 246 g/mol. The van der Waals surface area contributed by atoms with Gasteiger partial charge in [0, 0.05) is 33.5 Å². The van der Waals surface area contributed by atoms with Crippen molar-refractivity contribution in [2.75, 3.05) is 46.4 Å². The topological polar surface area (TPSA) is 70.7 Å². The molecule has 0 heterocycles. The first-order valence-corrected chi connectivity index (χ1v) is 6.77. The van der Waals surface area contributed by atoms with Crippen LogP contribution in [0.25, 0.3) is 0 Å². The smallest absolute Gasteiger partial charge is 0.216 e. The first-order valence-electron chi connectivity index (χ1n) is 6.77. The Balaban J connectivity index is 3.23. The molecule has 0 aromatic rings. The lowest BCUT2D eigenvalue weighted by molar-refractivity contribution is -0.119. The summed E-state index contributed by atoms with van der Waals surface area (Å²) in [4.78, 5) is 23.4. The van der Waals surface area contributed by atoms with Crippen LogP contribution in [0.5, 0.6) is 0 Å². The normalized spacial score (nSPS) is 10.5. The van der Waals surface area contributed by atoms with E-state index in [0.29, 0.717) is 19.8 Å². The number of nitrogens with one attached hydrogen (secondary N) is 2. The molecule has 0 rings (SSSR count). The predicted molar refractivity (Wildman–Crippen MR) is 74.9 cm³/mol. The molecule has 0 aromatic carbocycles. The lowest BCUT2D eigenvalue weighted by atomic mass is 10.3. The number of hydrogen-bond acceptors (Lipinski definition) is 4. The van der Waals surface area contributed by atoms with Gasteiger partial charge in [0.25, 0.3) is 0 Å². The number of carbonyl (C=O) groups excluding carboxylic acids is 2. The predicted octanol–water partition coefficient (Wildman–Crippen LogP) is -0.0128. The minimum absolute atomic E-state index is 0.0279. The number of ether oxygens (including phenoxy) is 1. The van der Waals surface area contributed by atoms with E-state index in [9.17, 15) is 9.59 Å². The van der Waals surface area contributed by atoms with Crippen LogP contribution in [-0.4, -0.2) is 63.2 Å². The van der Waals surface area contributed by atoms with Crippen LogP contribution in [0.1, 0.15) is 26.7 Å². The molecule has 0 spiro atoms. The number of unbranched alkanes of at least 4 members (excludes halogenated alkanes) is 1. The summed E-state index contributed by atoms with van der Waals surface area (Å²) in [6.07, 6.45) is 2.05. The Labute approximate surface area is 115 Å². The molecule has 0 fully saturated rings. The van der Waals surface area contributed by atoms with Crippen molar-refractivity contribution in [2.45, 2.75) is 26.7 Å². The molecule has 0 bridgehead atoms. The maximum absolute atomic E-state index is 10.6. The largest absolute Gasteiger partial charge is 0.378 e. The highest BCUT2D eigenvalue weighted by Crippen LogP contribution is 1.92. The van der Waals surface area contributed by atoms with Gasteiger partial charge in [0.1, 0.15) is 0 Å². The lowest BCUT2D eigenvalue weighted by Crippen LogP contribution is -2.28. The van der Waals surface area contributed by atoms with Crippen molar-refractivity contribution < 1.29 is 14.3 Å². The number of likely N-dealkylation sites (N-methyl/N-ethyl adjacent to an activating group) is 1. The van der Waals surface area contributed by atoms with Gasteiger partial charge in [-0.2, -0.15) is 0 Å². The van der Waals surface area contributed by atoms with E-state index in [2.05, 4.69) is 22.6 Å². The van der Waals surface area contributed by atoms with Crippen LogP contribution in [0.4, 0.5) is 0 Å². The zero-order valence-corrected chi connectivity index (χ0v) is 12.3. The third kappa shape index (κ3) is 14.8. The average molecular weight is 273 g/mol. The maximum Gasteiger partial charge on any atom is 0.216 e. The Bertz CT molecular complexity index is 260. The Kier molecular flexibility index (Phi) is 11.2. The zero-order valence-electron chi connectivity index (χ0n) is 12.3. The van der Waals surface area contributed by atoms with Crippen molar-refractivity contribution in [2.24, 2.45) is 0 Å². The van der Waals surface area contributed by atoms with E-state index in [4.69, 9.17) is 4.74 Å². The van der Waals surface area contributed by atoms with Gasteiger partial charge >= 0.3 is 0 Å². The van der Waals surface area contributed by atoms with E-state index < -0.39 is 0 Å². The third-order valence-corrected chi connectivity index (χ3v) is 2.58. The van der Waals surface area contributed by atoms with E-state index in [-0.39, 0.29) is 11.8 Å². The van der Waals surface area contributed by atoms with Gasteiger partial charge in [0.15, 0.2) is 0 Å². The minimum Gasteiger partial charge on any atom is -0.378 e. The fraction of sp³-hybridized carbons (Fsp3) is 0.846. The number of rotatable bonds is 11. The molecule has 0 atom stereocenters. The van der Waals surface area contributed by atoms with E-state index in [1.165, 1.54) is 13.8 Å². The summed E-state index contributed by atoms with van der Waals surface area (Å²) in [6.45, 7) is 7.43. The molecule has 0 saturated carbocycles. The molecule has 0 saturated heterocycles. The molecule has 0 aromatic heterocycles. The first kappa shape index (κ1) is 17.9. The molecule has 19 heavy (non-hydrogen) atoms. The molecule has 0 aliphatic heterocycles. The molecule has 2 N–H and O–H groups in total. The number of hydrogen-bond donors (Lipinski definition) is 2. The molecule has 112 valence electrons. The summed E-state index contributed by atoms with van der Waals surface area (Å²) in [6, 6.07) is 0. The van der Waals surface area contributed by atoms with Crippen molar-refractivity contribution in [3.05, 3.63) is 0 Å². The fourth-order valence-corrected chi connectivity index (χ4v) is 1.50. The maximum atomic E-state index is 10.6. The summed E-state index contributed by atoms with van der Waals surface area (Å²) in [5, 5.41) is 5.46. The monoisotopic (exact) mass is 273 g/mol. The van der Waals surface area contributed by atoms with Gasteiger partial charge in [-0.25, -0.2) is 0 Å².